The Bertz CT molecular complexity index is 656. The predicted molar refractivity (Wildman–Crippen MR) is 78.6 cm³/mol. The molecule has 0 unspecified atom stereocenters. The number of aryl methyl sites for hydroxylation is 2. The van der Waals surface area contributed by atoms with E-state index in [9.17, 15) is 10.1 Å². The lowest BCUT2D eigenvalue weighted by Gasteiger charge is -2.10. The van der Waals surface area contributed by atoms with Gasteiger partial charge in [-0.15, -0.1) is 11.6 Å². The highest BCUT2D eigenvalue weighted by Crippen LogP contribution is 2.35. The summed E-state index contributed by atoms with van der Waals surface area (Å²) in [5.41, 5.74) is 2.43. The number of ether oxygens (including phenoxy) is 1. The topological polar surface area (TPSA) is 52.4 Å². The molecule has 0 spiro atoms. The van der Waals surface area contributed by atoms with Gasteiger partial charge in [-0.1, -0.05) is 18.2 Å². The second kappa shape index (κ2) is 5.92. The van der Waals surface area contributed by atoms with E-state index in [0.29, 0.717) is 11.6 Å². The largest absolute Gasteiger partial charge is 0.450 e. The molecule has 20 heavy (non-hydrogen) atoms. The van der Waals surface area contributed by atoms with E-state index in [1.165, 1.54) is 6.07 Å². The summed E-state index contributed by atoms with van der Waals surface area (Å²) in [5.74, 6) is 1.18. The van der Waals surface area contributed by atoms with Crippen molar-refractivity contribution in [2.75, 3.05) is 0 Å². The number of nitro groups is 1. The minimum atomic E-state index is -0.430. The van der Waals surface area contributed by atoms with E-state index < -0.39 is 4.92 Å². The summed E-state index contributed by atoms with van der Waals surface area (Å²) in [7, 11) is 0. The van der Waals surface area contributed by atoms with Crippen molar-refractivity contribution in [3.63, 3.8) is 0 Å². The highest BCUT2D eigenvalue weighted by Gasteiger charge is 2.19. The van der Waals surface area contributed by atoms with Crippen LogP contribution in [0.5, 0.6) is 11.5 Å². The first kappa shape index (κ1) is 14.3. The molecule has 0 radical (unpaired) electrons. The normalized spacial score (nSPS) is 10.3. The van der Waals surface area contributed by atoms with Crippen molar-refractivity contribution in [2.45, 2.75) is 19.7 Å². The number of nitrogens with zero attached hydrogens (tertiary/aromatic N) is 1. The average molecular weight is 292 g/mol. The molecule has 104 valence electrons. The van der Waals surface area contributed by atoms with Gasteiger partial charge >= 0.3 is 5.69 Å². The third-order valence-electron chi connectivity index (χ3n) is 2.87. The number of alkyl halides is 1. The molecule has 2 rings (SSSR count). The zero-order valence-electron chi connectivity index (χ0n) is 11.2. The van der Waals surface area contributed by atoms with Gasteiger partial charge in [-0.25, -0.2) is 0 Å². The lowest BCUT2D eigenvalue weighted by atomic mass is 10.1. The standard InChI is InChI=1S/C15H14ClNO3/c1-10-6-11(2)15(14(7-10)17(18)19)20-13-5-3-4-12(8-13)9-16/h3-8H,9H2,1-2H3. The Balaban J connectivity index is 2.44. The van der Waals surface area contributed by atoms with Crippen molar-refractivity contribution in [3.05, 3.63) is 63.2 Å². The summed E-state index contributed by atoms with van der Waals surface area (Å²) >= 11 is 5.77. The maximum atomic E-state index is 11.1. The van der Waals surface area contributed by atoms with E-state index in [1.807, 2.05) is 25.1 Å². The Labute approximate surface area is 122 Å². The molecule has 0 amide bonds. The van der Waals surface area contributed by atoms with Gasteiger partial charge in [0.25, 0.3) is 0 Å². The van der Waals surface area contributed by atoms with E-state index in [1.54, 1.807) is 19.1 Å². The van der Waals surface area contributed by atoms with Gasteiger partial charge in [0, 0.05) is 11.9 Å². The minimum absolute atomic E-state index is 0.0289. The Morgan fingerprint density at radius 3 is 2.65 bits per heavy atom. The molecule has 0 fully saturated rings. The SMILES string of the molecule is Cc1cc(C)c(Oc2cccc(CCl)c2)c([N+](=O)[O-])c1. The molecule has 0 N–H and O–H groups in total. The van der Waals surface area contributed by atoms with Gasteiger partial charge < -0.3 is 4.74 Å². The third-order valence-corrected chi connectivity index (χ3v) is 3.18. The van der Waals surface area contributed by atoms with Crippen molar-refractivity contribution in [2.24, 2.45) is 0 Å². The molecule has 2 aromatic rings. The van der Waals surface area contributed by atoms with Crippen molar-refractivity contribution in [1.82, 2.24) is 0 Å². The fourth-order valence-electron chi connectivity index (χ4n) is 2.01. The number of rotatable bonds is 4. The summed E-state index contributed by atoms with van der Waals surface area (Å²) in [6.07, 6.45) is 0. The zero-order chi connectivity index (χ0) is 14.7. The first-order valence-corrected chi connectivity index (χ1v) is 6.63. The predicted octanol–water partition coefficient (Wildman–Crippen LogP) is 4.74. The van der Waals surface area contributed by atoms with E-state index >= 15 is 0 Å². The van der Waals surface area contributed by atoms with E-state index in [-0.39, 0.29) is 11.4 Å². The number of nitro benzene ring substituents is 1. The number of benzene rings is 2. The highest BCUT2D eigenvalue weighted by atomic mass is 35.5. The molecule has 0 aliphatic carbocycles. The van der Waals surface area contributed by atoms with Crippen molar-refractivity contribution < 1.29 is 9.66 Å². The second-order valence-corrected chi connectivity index (χ2v) is 4.84. The van der Waals surface area contributed by atoms with Gasteiger partial charge in [0.05, 0.1) is 4.92 Å². The van der Waals surface area contributed by atoms with E-state index in [4.69, 9.17) is 16.3 Å². The Morgan fingerprint density at radius 2 is 2.00 bits per heavy atom. The van der Waals surface area contributed by atoms with Crippen molar-refractivity contribution >= 4 is 17.3 Å². The lowest BCUT2D eigenvalue weighted by molar-refractivity contribution is -0.385. The molecule has 0 heterocycles. The third kappa shape index (κ3) is 3.08. The summed E-state index contributed by atoms with van der Waals surface area (Å²) in [5, 5.41) is 11.1. The van der Waals surface area contributed by atoms with E-state index in [2.05, 4.69) is 0 Å². The highest BCUT2D eigenvalue weighted by molar-refractivity contribution is 6.17. The number of hydrogen-bond donors (Lipinski definition) is 0. The lowest BCUT2D eigenvalue weighted by Crippen LogP contribution is -1.97. The molecule has 4 nitrogen and oxygen atoms in total. The first-order valence-electron chi connectivity index (χ1n) is 6.09. The van der Waals surface area contributed by atoms with Gasteiger partial charge in [-0.3, -0.25) is 10.1 Å². The monoisotopic (exact) mass is 291 g/mol. The molecule has 0 bridgehead atoms. The van der Waals surface area contributed by atoms with Gasteiger partial charge in [0.1, 0.15) is 5.75 Å². The van der Waals surface area contributed by atoms with Crippen molar-refractivity contribution in [1.29, 1.82) is 0 Å². The van der Waals surface area contributed by atoms with Crippen LogP contribution >= 0.6 is 11.6 Å². The fourth-order valence-corrected chi connectivity index (χ4v) is 2.18. The molecule has 0 aliphatic heterocycles. The maximum absolute atomic E-state index is 11.1. The van der Waals surface area contributed by atoms with Crippen LogP contribution in [-0.2, 0) is 5.88 Å². The quantitative estimate of drug-likeness (QED) is 0.464. The second-order valence-electron chi connectivity index (χ2n) is 4.57. The van der Waals surface area contributed by atoms with Crippen molar-refractivity contribution in [3.8, 4) is 11.5 Å². The minimum Gasteiger partial charge on any atom is -0.450 e. The summed E-state index contributed by atoms with van der Waals surface area (Å²) < 4.78 is 5.70. The Hall–Kier alpha value is -2.07. The molecule has 0 saturated carbocycles. The van der Waals surface area contributed by atoms with Gasteiger partial charge in [-0.2, -0.15) is 0 Å². The molecule has 0 aliphatic rings. The van der Waals surface area contributed by atoms with Crippen LogP contribution in [0, 0.1) is 24.0 Å². The summed E-state index contributed by atoms with van der Waals surface area (Å²) in [6, 6.07) is 10.6. The molecule has 0 atom stereocenters. The molecule has 5 heteroatoms. The molecule has 0 saturated heterocycles. The van der Waals surface area contributed by atoms with Crippen LogP contribution in [0.4, 0.5) is 5.69 Å². The van der Waals surface area contributed by atoms with Gasteiger partial charge in [0.15, 0.2) is 0 Å². The van der Waals surface area contributed by atoms with Gasteiger partial charge in [-0.05, 0) is 42.7 Å². The Kier molecular flexibility index (Phi) is 4.25. The Morgan fingerprint density at radius 1 is 1.25 bits per heavy atom. The zero-order valence-corrected chi connectivity index (χ0v) is 12.0. The smallest absolute Gasteiger partial charge is 0.312 e. The van der Waals surface area contributed by atoms with Gasteiger partial charge in [0.2, 0.25) is 5.75 Å². The molecule has 2 aromatic carbocycles. The summed E-state index contributed by atoms with van der Waals surface area (Å²) in [6.45, 7) is 3.61. The van der Waals surface area contributed by atoms with Crippen LogP contribution in [0.1, 0.15) is 16.7 Å². The van der Waals surface area contributed by atoms with Crippen LogP contribution in [0.25, 0.3) is 0 Å². The van der Waals surface area contributed by atoms with Crippen LogP contribution in [0.2, 0.25) is 0 Å². The van der Waals surface area contributed by atoms with Crippen LogP contribution in [0.3, 0.4) is 0 Å². The molecular weight excluding hydrogens is 278 g/mol. The maximum Gasteiger partial charge on any atom is 0.312 e. The average Bonchev–Trinajstić information content (AvgIpc) is 2.41. The van der Waals surface area contributed by atoms with E-state index in [0.717, 1.165) is 16.7 Å². The first-order chi connectivity index (χ1) is 9.51. The number of hydrogen-bond acceptors (Lipinski definition) is 3. The summed E-state index contributed by atoms with van der Waals surface area (Å²) in [4.78, 5) is 10.7. The van der Waals surface area contributed by atoms with Crippen LogP contribution in [-0.4, -0.2) is 4.92 Å². The van der Waals surface area contributed by atoms with Crippen LogP contribution < -0.4 is 4.74 Å². The molecular formula is C15H14ClNO3. The molecule has 0 aromatic heterocycles. The van der Waals surface area contributed by atoms with Crippen LogP contribution in [0.15, 0.2) is 36.4 Å². The number of halogens is 1. The fraction of sp³-hybridized carbons (Fsp3) is 0.200.